The maximum Gasteiger partial charge on any atom is 0.261 e. The van der Waals surface area contributed by atoms with Crippen molar-refractivity contribution in [3.63, 3.8) is 0 Å². The number of ether oxygens (including phenoxy) is 1. The zero-order valence-corrected chi connectivity index (χ0v) is 22.5. The monoisotopic (exact) mass is 516 g/mol. The highest BCUT2D eigenvalue weighted by atomic mass is 79.9. The fourth-order valence-electron chi connectivity index (χ4n) is 3.25. The molecule has 0 aliphatic rings. The van der Waals surface area contributed by atoms with Crippen LogP contribution in [0, 0.1) is 6.92 Å². The fraction of sp³-hybridized carbons (Fsp3) is 0.481. The van der Waals surface area contributed by atoms with Crippen LogP contribution in [0.4, 0.5) is 0 Å². The fourth-order valence-corrected chi connectivity index (χ4v) is 3.74. The Bertz CT molecular complexity index is 951. The number of benzene rings is 2. The van der Waals surface area contributed by atoms with Crippen molar-refractivity contribution < 1.29 is 14.3 Å². The lowest BCUT2D eigenvalue weighted by Crippen LogP contribution is -2.50. The van der Waals surface area contributed by atoms with Crippen molar-refractivity contribution in [3.05, 3.63) is 63.6 Å². The smallest absolute Gasteiger partial charge is 0.261 e. The Hall–Kier alpha value is -2.34. The zero-order valence-electron chi connectivity index (χ0n) is 20.9. The number of nitrogens with zero attached hydrogens (tertiary/aromatic N) is 1. The van der Waals surface area contributed by atoms with E-state index >= 15 is 0 Å². The molecule has 0 aliphatic heterocycles. The molecule has 0 fully saturated rings. The van der Waals surface area contributed by atoms with Crippen molar-refractivity contribution in [2.45, 2.75) is 78.9 Å². The van der Waals surface area contributed by atoms with Gasteiger partial charge >= 0.3 is 0 Å². The SMILES string of the molecule is CC[C@@H](C)NC(=O)[C@H](C)N(Cc1ccc(C)cc1)C(=O)COc1ccc(C(C)(C)C)cc1Br. The standard InChI is InChI=1S/C27H37BrN2O3/c1-8-19(3)29-26(32)20(4)30(16-21-11-9-18(2)10-12-21)25(31)17-33-24-14-13-22(15-23(24)28)27(5,6)7/h9-15,19-20H,8,16-17H2,1-7H3,(H,29,32)/t19-,20+/m1/s1. The zero-order chi connectivity index (χ0) is 24.8. The number of carbonyl (C=O) groups excluding carboxylic acids is 2. The molecule has 0 aromatic heterocycles. The van der Waals surface area contributed by atoms with Gasteiger partial charge in [0.2, 0.25) is 5.91 Å². The maximum absolute atomic E-state index is 13.2. The van der Waals surface area contributed by atoms with Crippen molar-refractivity contribution in [2.24, 2.45) is 0 Å². The average molecular weight is 518 g/mol. The van der Waals surface area contributed by atoms with Crippen LogP contribution in [0.25, 0.3) is 0 Å². The van der Waals surface area contributed by atoms with Gasteiger partial charge in [-0.25, -0.2) is 0 Å². The normalized spacial score (nSPS) is 13.2. The Kier molecular flexibility index (Phi) is 9.53. The predicted molar refractivity (Wildman–Crippen MR) is 137 cm³/mol. The van der Waals surface area contributed by atoms with Crippen LogP contribution in [0.1, 0.15) is 64.7 Å². The number of amides is 2. The predicted octanol–water partition coefficient (Wildman–Crippen LogP) is 5.77. The Balaban J connectivity index is 2.18. The summed E-state index contributed by atoms with van der Waals surface area (Å²) in [5, 5.41) is 2.98. The quantitative estimate of drug-likeness (QED) is 0.460. The molecule has 0 saturated carbocycles. The maximum atomic E-state index is 13.2. The van der Waals surface area contributed by atoms with Gasteiger partial charge in [0.15, 0.2) is 6.61 Å². The number of rotatable bonds is 9. The molecule has 2 aromatic carbocycles. The molecule has 0 saturated heterocycles. The van der Waals surface area contributed by atoms with Gasteiger partial charge in [0, 0.05) is 12.6 Å². The highest BCUT2D eigenvalue weighted by Gasteiger charge is 2.27. The molecule has 1 N–H and O–H groups in total. The van der Waals surface area contributed by atoms with E-state index in [1.54, 1.807) is 11.8 Å². The summed E-state index contributed by atoms with van der Waals surface area (Å²) < 4.78 is 6.67. The van der Waals surface area contributed by atoms with Crippen LogP contribution in [-0.2, 0) is 21.5 Å². The molecule has 0 heterocycles. The molecule has 6 heteroatoms. The molecule has 0 spiro atoms. The Morgan fingerprint density at radius 2 is 1.73 bits per heavy atom. The van der Waals surface area contributed by atoms with Crippen molar-refractivity contribution in [1.82, 2.24) is 10.2 Å². The molecule has 2 aromatic rings. The molecule has 0 bridgehead atoms. The van der Waals surface area contributed by atoms with E-state index in [4.69, 9.17) is 4.74 Å². The number of aryl methyl sites for hydroxylation is 1. The van der Waals surface area contributed by atoms with E-state index in [2.05, 4.69) is 42.0 Å². The van der Waals surface area contributed by atoms with Gasteiger partial charge in [-0.2, -0.15) is 0 Å². The number of carbonyl (C=O) groups is 2. The number of hydrogen-bond donors (Lipinski definition) is 1. The summed E-state index contributed by atoms with van der Waals surface area (Å²) in [5.74, 6) is 0.193. The van der Waals surface area contributed by atoms with Gasteiger partial charge in [0.1, 0.15) is 11.8 Å². The second-order valence-corrected chi connectivity index (χ2v) is 10.5. The minimum Gasteiger partial charge on any atom is -0.483 e. The first-order valence-corrected chi connectivity index (χ1v) is 12.3. The third kappa shape index (κ3) is 7.88. The first kappa shape index (κ1) is 26.9. The molecular weight excluding hydrogens is 480 g/mol. The minimum absolute atomic E-state index is 0.0140. The van der Waals surface area contributed by atoms with Gasteiger partial charge in [-0.3, -0.25) is 9.59 Å². The Labute approximate surface area is 207 Å². The minimum atomic E-state index is -0.622. The highest BCUT2D eigenvalue weighted by molar-refractivity contribution is 9.10. The Morgan fingerprint density at radius 3 is 2.27 bits per heavy atom. The summed E-state index contributed by atoms with van der Waals surface area (Å²) >= 11 is 3.56. The Morgan fingerprint density at radius 1 is 1.09 bits per heavy atom. The van der Waals surface area contributed by atoms with E-state index in [-0.39, 0.29) is 29.9 Å². The molecule has 5 nitrogen and oxygen atoms in total. The van der Waals surface area contributed by atoms with E-state index in [0.717, 1.165) is 22.0 Å². The molecule has 33 heavy (non-hydrogen) atoms. The van der Waals surface area contributed by atoms with Crippen LogP contribution in [0.3, 0.4) is 0 Å². The molecule has 2 atom stereocenters. The second kappa shape index (κ2) is 11.7. The highest BCUT2D eigenvalue weighted by Crippen LogP contribution is 2.31. The van der Waals surface area contributed by atoms with Gasteiger partial charge < -0.3 is 15.0 Å². The van der Waals surface area contributed by atoms with Crippen molar-refractivity contribution in [3.8, 4) is 5.75 Å². The first-order valence-electron chi connectivity index (χ1n) is 11.5. The summed E-state index contributed by atoms with van der Waals surface area (Å²) in [5.41, 5.74) is 3.29. The molecule has 0 aliphatic carbocycles. The van der Waals surface area contributed by atoms with E-state index < -0.39 is 6.04 Å². The number of halogens is 1. The van der Waals surface area contributed by atoms with Crippen LogP contribution in [-0.4, -0.2) is 35.4 Å². The van der Waals surface area contributed by atoms with E-state index in [9.17, 15) is 9.59 Å². The van der Waals surface area contributed by atoms with Crippen molar-refractivity contribution in [1.29, 1.82) is 0 Å². The average Bonchev–Trinajstić information content (AvgIpc) is 2.76. The third-order valence-corrected chi connectivity index (χ3v) is 6.41. The van der Waals surface area contributed by atoms with Gasteiger partial charge in [-0.1, -0.05) is 63.6 Å². The molecule has 0 unspecified atom stereocenters. The van der Waals surface area contributed by atoms with Gasteiger partial charge in [-0.15, -0.1) is 0 Å². The first-order chi connectivity index (χ1) is 15.4. The summed E-state index contributed by atoms with van der Waals surface area (Å²) in [4.78, 5) is 27.6. The van der Waals surface area contributed by atoms with Crippen molar-refractivity contribution >= 4 is 27.7 Å². The van der Waals surface area contributed by atoms with Gasteiger partial charge in [-0.05, 0) is 71.8 Å². The molecular formula is C27H37BrN2O3. The lowest BCUT2D eigenvalue weighted by atomic mass is 9.87. The van der Waals surface area contributed by atoms with Crippen LogP contribution in [0.15, 0.2) is 46.9 Å². The second-order valence-electron chi connectivity index (χ2n) is 9.68. The molecule has 180 valence electrons. The third-order valence-electron chi connectivity index (χ3n) is 5.79. The molecule has 0 radical (unpaired) electrons. The summed E-state index contributed by atoms with van der Waals surface area (Å²) in [7, 11) is 0. The molecule has 2 rings (SSSR count). The lowest BCUT2D eigenvalue weighted by Gasteiger charge is -2.29. The number of hydrogen-bond acceptors (Lipinski definition) is 3. The van der Waals surface area contributed by atoms with Crippen molar-refractivity contribution in [2.75, 3.05) is 6.61 Å². The topological polar surface area (TPSA) is 58.6 Å². The van der Waals surface area contributed by atoms with E-state index in [0.29, 0.717) is 12.3 Å². The van der Waals surface area contributed by atoms with Crippen LogP contribution >= 0.6 is 15.9 Å². The van der Waals surface area contributed by atoms with Crippen LogP contribution < -0.4 is 10.1 Å². The number of nitrogens with one attached hydrogen (secondary N) is 1. The lowest BCUT2D eigenvalue weighted by molar-refractivity contribution is -0.142. The molecule has 2 amide bonds. The summed E-state index contributed by atoms with van der Waals surface area (Å²) in [6.07, 6.45) is 0.825. The van der Waals surface area contributed by atoms with Gasteiger partial charge in [0.05, 0.1) is 4.47 Å². The van der Waals surface area contributed by atoms with E-state index in [1.807, 2.05) is 63.2 Å². The summed E-state index contributed by atoms with van der Waals surface area (Å²) in [6.45, 7) is 14.4. The van der Waals surface area contributed by atoms with E-state index in [1.165, 1.54) is 5.56 Å². The van der Waals surface area contributed by atoms with Gasteiger partial charge in [0.25, 0.3) is 5.91 Å². The largest absolute Gasteiger partial charge is 0.483 e. The summed E-state index contributed by atoms with van der Waals surface area (Å²) in [6, 6.07) is 13.3. The van der Waals surface area contributed by atoms with Crippen LogP contribution in [0.5, 0.6) is 5.75 Å². The van der Waals surface area contributed by atoms with Crippen LogP contribution in [0.2, 0.25) is 0 Å².